The maximum absolute atomic E-state index is 11.5. The van der Waals surface area contributed by atoms with Crippen LogP contribution in [0.2, 0.25) is 5.02 Å². The van der Waals surface area contributed by atoms with Crippen LogP contribution in [0.3, 0.4) is 0 Å². The predicted octanol–water partition coefficient (Wildman–Crippen LogP) is 2.29. The Morgan fingerprint density at radius 1 is 1.33 bits per heavy atom. The number of carbonyl (C=O) groups excluding carboxylic acids is 1. The van der Waals surface area contributed by atoms with Gasteiger partial charge in [-0.25, -0.2) is 0 Å². The van der Waals surface area contributed by atoms with Crippen LogP contribution in [0, 0.1) is 0 Å². The number of amides is 1. The topological polar surface area (TPSA) is 50.4 Å². The van der Waals surface area contributed by atoms with Gasteiger partial charge < -0.3 is 15.4 Å². The highest BCUT2D eigenvalue weighted by atomic mass is 35.5. The maximum Gasteiger partial charge on any atom is 0.238 e. The number of ether oxygens (including phenoxy) is 1. The molecule has 18 heavy (non-hydrogen) atoms. The molecule has 1 rings (SSSR count). The van der Waals surface area contributed by atoms with E-state index in [1.165, 1.54) is 0 Å². The average Bonchev–Trinajstić information content (AvgIpc) is 2.36. The first-order chi connectivity index (χ1) is 8.72. The van der Waals surface area contributed by atoms with Crippen LogP contribution in [0.4, 0.5) is 5.69 Å². The summed E-state index contributed by atoms with van der Waals surface area (Å²) in [6.07, 6.45) is 0.905. The summed E-state index contributed by atoms with van der Waals surface area (Å²) < 4.78 is 5.19. The lowest BCUT2D eigenvalue weighted by atomic mass is 10.3. The molecule has 0 heterocycles. The first-order valence-corrected chi connectivity index (χ1v) is 6.44. The Morgan fingerprint density at radius 2 is 2.06 bits per heavy atom. The Hall–Kier alpha value is -1.10. The second-order valence-electron chi connectivity index (χ2n) is 3.78. The molecular weight excluding hydrogens is 252 g/mol. The Balaban J connectivity index is 2.12. The molecule has 0 aliphatic carbocycles. The lowest BCUT2D eigenvalue weighted by Gasteiger charge is -2.07. The Kier molecular flexibility index (Phi) is 7.41. The smallest absolute Gasteiger partial charge is 0.238 e. The van der Waals surface area contributed by atoms with Gasteiger partial charge in [0.1, 0.15) is 0 Å². The van der Waals surface area contributed by atoms with E-state index in [2.05, 4.69) is 10.6 Å². The fourth-order valence-corrected chi connectivity index (χ4v) is 1.51. The molecular formula is C13H19ClN2O2. The number of benzene rings is 1. The molecule has 0 aliphatic heterocycles. The van der Waals surface area contributed by atoms with Gasteiger partial charge in [-0.3, -0.25) is 4.79 Å². The summed E-state index contributed by atoms with van der Waals surface area (Å²) in [4.78, 5) is 11.5. The van der Waals surface area contributed by atoms with Crippen molar-refractivity contribution in [2.24, 2.45) is 0 Å². The molecule has 1 aromatic carbocycles. The van der Waals surface area contributed by atoms with Crippen LogP contribution in [-0.2, 0) is 9.53 Å². The largest absolute Gasteiger partial charge is 0.382 e. The molecule has 5 heteroatoms. The number of halogens is 1. The lowest BCUT2D eigenvalue weighted by Crippen LogP contribution is -2.29. The van der Waals surface area contributed by atoms with Crippen molar-refractivity contribution in [3.05, 3.63) is 29.3 Å². The van der Waals surface area contributed by atoms with Gasteiger partial charge in [-0.15, -0.1) is 0 Å². The van der Waals surface area contributed by atoms with Crippen LogP contribution < -0.4 is 10.6 Å². The van der Waals surface area contributed by atoms with Crippen molar-refractivity contribution in [3.8, 4) is 0 Å². The summed E-state index contributed by atoms with van der Waals surface area (Å²) in [6, 6.07) is 7.03. The second-order valence-corrected chi connectivity index (χ2v) is 4.22. The quantitative estimate of drug-likeness (QED) is 0.713. The molecule has 0 spiro atoms. The van der Waals surface area contributed by atoms with Gasteiger partial charge in [-0.2, -0.15) is 0 Å². The average molecular weight is 271 g/mol. The van der Waals surface area contributed by atoms with Crippen LogP contribution in [0.5, 0.6) is 0 Å². The van der Waals surface area contributed by atoms with Gasteiger partial charge in [0.05, 0.1) is 6.54 Å². The van der Waals surface area contributed by atoms with Gasteiger partial charge in [-0.05, 0) is 44.2 Å². The van der Waals surface area contributed by atoms with E-state index in [0.29, 0.717) is 11.6 Å². The van der Waals surface area contributed by atoms with E-state index in [4.69, 9.17) is 16.3 Å². The Labute approximate surface area is 113 Å². The zero-order valence-corrected chi connectivity index (χ0v) is 11.3. The van der Waals surface area contributed by atoms with E-state index in [9.17, 15) is 4.79 Å². The van der Waals surface area contributed by atoms with Crippen molar-refractivity contribution in [2.75, 3.05) is 31.6 Å². The second kappa shape index (κ2) is 8.91. The molecule has 100 valence electrons. The fourth-order valence-electron chi connectivity index (χ4n) is 1.38. The van der Waals surface area contributed by atoms with Crippen LogP contribution in [-0.4, -0.2) is 32.2 Å². The molecule has 0 atom stereocenters. The summed E-state index contributed by atoms with van der Waals surface area (Å²) in [6.45, 7) is 4.50. The third-order valence-corrected chi connectivity index (χ3v) is 2.51. The van der Waals surface area contributed by atoms with Crippen molar-refractivity contribution in [2.45, 2.75) is 13.3 Å². The van der Waals surface area contributed by atoms with Crippen molar-refractivity contribution in [1.82, 2.24) is 5.32 Å². The normalized spacial score (nSPS) is 10.3. The van der Waals surface area contributed by atoms with E-state index in [1.54, 1.807) is 24.3 Å². The monoisotopic (exact) mass is 270 g/mol. The molecule has 2 N–H and O–H groups in total. The molecule has 0 bridgehead atoms. The third kappa shape index (κ3) is 6.59. The van der Waals surface area contributed by atoms with Crippen molar-refractivity contribution >= 4 is 23.2 Å². The molecule has 1 amide bonds. The minimum absolute atomic E-state index is 0.0614. The molecule has 0 unspecified atom stereocenters. The molecule has 4 nitrogen and oxygen atoms in total. The number of hydrogen-bond acceptors (Lipinski definition) is 3. The number of carbonyl (C=O) groups is 1. The van der Waals surface area contributed by atoms with Crippen molar-refractivity contribution < 1.29 is 9.53 Å². The summed E-state index contributed by atoms with van der Waals surface area (Å²) >= 11 is 5.76. The summed E-state index contributed by atoms with van der Waals surface area (Å²) in [5.41, 5.74) is 0.750. The number of nitrogens with one attached hydrogen (secondary N) is 2. The van der Waals surface area contributed by atoms with Crippen LogP contribution in [0.15, 0.2) is 24.3 Å². The highest BCUT2D eigenvalue weighted by Gasteiger charge is 2.01. The number of rotatable bonds is 8. The minimum Gasteiger partial charge on any atom is -0.382 e. The van der Waals surface area contributed by atoms with Gasteiger partial charge in [0.2, 0.25) is 5.91 Å². The van der Waals surface area contributed by atoms with Crippen LogP contribution in [0.1, 0.15) is 13.3 Å². The lowest BCUT2D eigenvalue weighted by molar-refractivity contribution is -0.115. The van der Waals surface area contributed by atoms with E-state index >= 15 is 0 Å². The van der Waals surface area contributed by atoms with Crippen molar-refractivity contribution in [3.63, 3.8) is 0 Å². The first-order valence-electron chi connectivity index (χ1n) is 6.06. The Morgan fingerprint density at radius 3 is 2.72 bits per heavy atom. The molecule has 0 aromatic heterocycles. The SMILES string of the molecule is CCOCCCNCC(=O)Nc1ccc(Cl)cc1. The summed E-state index contributed by atoms with van der Waals surface area (Å²) in [7, 11) is 0. The minimum atomic E-state index is -0.0614. The summed E-state index contributed by atoms with van der Waals surface area (Å²) in [5.74, 6) is -0.0614. The maximum atomic E-state index is 11.5. The molecule has 0 aliphatic rings. The third-order valence-electron chi connectivity index (χ3n) is 2.26. The molecule has 0 saturated heterocycles. The standard InChI is InChI=1S/C13H19ClN2O2/c1-2-18-9-3-8-15-10-13(17)16-12-6-4-11(14)5-7-12/h4-7,15H,2-3,8-10H2,1H3,(H,16,17). The fraction of sp³-hybridized carbons (Fsp3) is 0.462. The van der Waals surface area contributed by atoms with E-state index in [1.807, 2.05) is 6.92 Å². The molecule has 0 saturated carbocycles. The van der Waals surface area contributed by atoms with Gasteiger partial charge in [0.15, 0.2) is 0 Å². The zero-order valence-electron chi connectivity index (χ0n) is 10.5. The predicted molar refractivity (Wildman–Crippen MR) is 74.1 cm³/mol. The number of hydrogen-bond donors (Lipinski definition) is 2. The highest BCUT2D eigenvalue weighted by Crippen LogP contribution is 2.12. The first kappa shape index (κ1) is 15.0. The van der Waals surface area contributed by atoms with Crippen molar-refractivity contribution in [1.29, 1.82) is 0 Å². The molecule has 0 radical (unpaired) electrons. The Bertz CT molecular complexity index is 355. The zero-order chi connectivity index (χ0) is 13.2. The number of anilines is 1. The highest BCUT2D eigenvalue weighted by molar-refractivity contribution is 6.30. The van der Waals surface area contributed by atoms with E-state index < -0.39 is 0 Å². The molecule has 1 aromatic rings. The van der Waals surface area contributed by atoms with Gasteiger partial charge in [0.25, 0.3) is 0 Å². The van der Waals surface area contributed by atoms with E-state index in [-0.39, 0.29) is 5.91 Å². The summed E-state index contributed by atoms with van der Waals surface area (Å²) in [5, 5.41) is 6.49. The van der Waals surface area contributed by atoms with Crippen LogP contribution in [0.25, 0.3) is 0 Å². The van der Waals surface area contributed by atoms with Gasteiger partial charge in [0, 0.05) is 23.9 Å². The van der Waals surface area contributed by atoms with E-state index in [0.717, 1.165) is 31.9 Å². The van der Waals surface area contributed by atoms with Gasteiger partial charge >= 0.3 is 0 Å². The van der Waals surface area contributed by atoms with Crippen LogP contribution >= 0.6 is 11.6 Å². The van der Waals surface area contributed by atoms with Gasteiger partial charge in [-0.1, -0.05) is 11.6 Å². The molecule has 0 fully saturated rings.